The Morgan fingerprint density at radius 1 is 1.25 bits per heavy atom. The first kappa shape index (κ1) is 14.3. The molecule has 2 aromatic rings. The maximum atomic E-state index is 12.3. The van der Waals surface area contributed by atoms with Crippen LogP contribution >= 0.6 is 11.6 Å². The minimum Gasteiger partial charge on any atom is -0.369 e. The third-order valence-electron chi connectivity index (χ3n) is 2.70. The molecule has 0 saturated carbocycles. The molecule has 1 aromatic heterocycles. The van der Waals surface area contributed by atoms with Crippen LogP contribution in [0.2, 0.25) is 5.02 Å². The van der Waals surface area contributed by atoms with Gasteiger partial charge in [-0.25, -0.2) is 4.98 Å². The number of pyridine rings is 1. The topological polar surface area (TPSA) is 54.0 Å². The van der Waals surface area contributed by atoms with E-state index >= 15 is 0 Å². The molecule has 5 heteroatoms. The van der Waals surface area contributed by atoms with Gasteiger partial charge in [0.1, 0.15) is 5.82 Å². The monoisotopic (exact) mass is 289 g/mol. The summed E-state index contributed by atoms with van der Waals surface area (Å²) < 4.78 is 0. The molecule has 2 N–H and O–H groups in total. The van der Waals surface area contributed by atoms with E-state index in [0.29, 0.717) is 22.1 Å². The first-order valence-corrected chi connectivity index (χ1v) is 6.84. The zero-order valence-electron chi connectivity index (χ0n) is 11.2. The first-order valence-electron chi connectivity index (χ1n) is 6.46. The fourth-order valence-electron chi connectivity index (χ4n) is 1.70. The Hall–Kier alpha value is -2.07. The first-order chi connectivity index (χ1) is 9.70. The number of hydrogen-bond donors (Lipinski definition) is 2. The summed E-state index contributed by atoms with van der Waals surface area (Å²) in [5.41, 5.74) is 1.22. The molecule has 0 aliphatic carbocycles. The van der Waals surface area contributed by atoms with Gasteiger partial charge in [0, 0.05) is 23.5 Å². The van der Waals surface area contributed by atoms with E-state index in [9.17, 15) is 4.79 Å². The summed E-state index contributed by atoms with van der Waals surface area (Å²) in [5.74, 6) is 0.403. The Morgan fingerprint density at radius 3 is 2.70 bits per heavy atom. The summed E-state index contributed by atoms with van der Waals surface area (Å²) in [6.45, 7) is 2.83. The smallest absolute Gasteiger partial charge is 0.259 e. The number of amides is 1. The second-order valence-electron chi connectivity index (χ2n) is 4.29. The molecule has 0 fully saturated rings. The van der Waals surface area contributed by atoms with Crippen molar-refractivity contribution in [3.8, 4) is 0 Å². The summed E-state index contributed by atoms with van der Waals surface area (Å²) in [7, 11) is 0. The van der Waals surface area contributed by atoms with Crippen LogP contribution in [0.5, 0.6) is 0 Å². The Balaban J connectivity index is 2.14. The summed E-state index contributed by atoms with van der Waals surface area (Å²) in [4.78, 5) is 16.5. The zero-order chi connectivity index (χ0) is 14.4. The van der Waals surface area contributed by atoms with Gasteiger partial charge in [-0.05, 0) is 42.8 Å². The molecule has 20 heavy (non-hydrogen) atoms. The number of nitrogens with one attached hydrogen (secondary N) is 2. The van der Waals surface area contributed by atoms with Crippen LogP contribution in [0.3, 0.4) is 0 Å². The van der Waals surface area contributed by atoms with Crippen molar-refractivity contribution in [1.82, 2.24) is 4.98 Å². The molecular weight excluding hydrogens is 274 g/mol. The maximum Gasteiger partial charge on any atom is 0.259 e. The summed E-state index contributed by atoms with van der Waals surface area (Å²) in [6, 6.07) is 10.5. The number of benzene rings is 1. The Kier molecular flexibility index (Phi) is 4.96. The zero-order valence-corrected chi connectivity index (χ0v) is 11.9. The van der Waals surface area contributed by atoms with Gasteiger partial charge in [0.2, 0.25) is 0 Å². The molecule has 0 aliphatic rings. The molecule has 0 saturated heterocycles. The van der Waals surface area contributed by atoms with Gasteiger partial charge >= 0.3 is 0 Å². The van der Waals surface area contributed by atoms with E-state index in [4.69, 9.17) is 11.6 Å². The lowest BCUT2D eigenvalue weighted by Crippen LogP contribution is -2.16. The molecule has 4 nitrogen and oxygen atoms in total. The highest BCUT2D eigenvalue weighted by Gasteiger charge is 2.11. The Labute approximate surface area is 123 Å². The molecule has 1 aromatic carbocycles. The molecule has 0 atom stereocenters. The fourth-order valence-corrected chi connectivity index (χ4v) is 1.83. The molecule has 1 heterocycles. The van der Waals surface area contributed by atoms with Crippen LogP contribution in [0.15, 0.2) is 42.6 Å². The fraction of sp³-hybridized carbons (Fsp3) is 0.200. The molecule has 0 bridgehead atoms. The van der Waals surface area contributed by atoms with E-state index in [-0.39, 0.29) is 5.91 Å². The van der Waals surface area contributed by atoms with Gasteiger partial charge in [-0.2, -0.15) is 0 Å². The van der Waals surface area contributed by atoms with Gasteiger partial charge in [-0.3, -0.25) is 4.79 Å². The Bertz CT molecular complexity index is 584. The van der Waals surface area contributed by atoms with Crippen molar-refractivity contribution in [3.63, 3.8) is 0 Å². The molecule has 104 valence electrons. The van der Waals surface area contributed by atoms with Crippen molar-refractivity contribution in [1.29, 1.82) is 0 Å². The second-order valence-corrected chi connectivity index (χ2v) is 4.72. The molecular formula is C15H16ClN3O. The quantitative estimate of drug-likeness (QED) is 0.880. The highest BCUT2D eigenvalue weighted by atomic mass is 35.5. The van der Waals surface area contributed by atoms with E-state index in [1.807, 2.05) is 0 Å². The predicted molar refractivity (Wildman–Crippen MR) is 82.4 cm³/mol. The number of carbonyl (C=O) groups excluding carboxylic acids is 1. The summed E-state index contributed by atoms with van der Waals surface area (Å²) >= 11 is 5.81. The lowest BCUT2D eigenvalue weighted by molar-refractivity contribution is 0.102. The highest BCUT2D eigenvalue weighted by Crippen LogP contribution is 2.17. The number of rotatable bonds is 5. The predicted octanol–water partition coefficient (Wildman–Crippen LogP) is 3.81. The largest absolute Gasteiger partial charge is 0.369 e. The van der Waals surface area contributed by atoms with Crippen molar-refractivity contribution >= 4 is 29.0 Å². The van der Waals surface area contributed by atoms with E-state index in [0.717, 1.165) is 13.0 Å². The van der Waals surface area contributed by atoms with Crippen molar-refractivity contribution in [2.24, 2.45) is 0 Å². The van der Waals surface area contributed by atoms with Crippen molar-refractivity contribution in [2.45, 2.75) is 13.3 Å². The standard InChI is InChI=1S/C15H16ClN3O/c1-2-9-17-14-13(4-3-10-18-14)15(20)19-12-7-5-11(16)6-8-12/h3-8,10H,2,9H2,1H3,(H,17,18)(H,19,20). The minimum atomic E-state index is -0.195. The van der Waals surface area contributed by atoms with Gasteiger partial charge in [0.15, 0.2) is 0 Å². The second kappa shape index (κ2) is 6.91. The van der Waals surface area contributed by atoms with E-state index in [1.165, 1.54) is 0 Å². The molecule has 0 radical (unpaired) electrons. The van der Waals surface area contributed by atoms with Crippen LogP contribution in [-0.4, -0.2) is 17.4 Å². The van der Waals surface area contributed by atoms with Gasteiger partial charge < -0.3 is 10.6 Å². The van der Waals surface area contributed by atoms with E-state index < -0.39 is 0 Å². The van der Waals surface area contributed by atoms with Gasteiger partial charge in [-0.15, -0.1) is 0 Å². The minimum absolute atomic E-state index is 0.195. The highest BCUT2D eigenvalue weighted by molar-refractivity contribution is 6.30. The summed E-state index contributed by atoms with van der Waals surface area (Å²) in [5, 5.41) is 6.60. The Morgan fingerprint density at radius 2 is 2.00 bits per heavy atom. The van der Waals surface area contributed by atoms with Crippen molar-refractivity contribution < 1.29 is 4.79 Å². The number of carbonyl (C=O) groups is 1. The number of nitrogens with zero attached hydrogens (tertiary/aromatic N) is 1. The van der Waals surface area contributed by atoms with Crippen LogP contribution in [-0.2, 0) is 0 Å². The summed E-state index contributed by atoms with van der Waals surface area (Å²) in [6.07, 6.45) is 2.63. The van der Waals surface area contributed by atoms with Crippen LogP contribution in [0.25, 0.3) is 0 Å². The third kappa shape index (κ3) is 3.71. The van der Waals surface area contributed by atoms with Crippen molar-refractivity contribution in [3.05, 3.63) is 53.2 Å². The maximum absolute atomic E-state index is 12.3. The van der Waals surface area contributed by atoms with Crippen LogP contribution in [0.1, 0.15) is 23.7 Å². The van der Waals surface area contributed by atoms with Crippen molar-refractivity contribution in [2.75, 3.05) is 17.2 Å². The van der Waals surface area contributed by atoms with Crippen LogP contribution in [0, 0.1) is 0 Å². The van der Waals surface area contributed by atoms with Gasteiger partial charge in [0.05, 0.1) is 5.56 Å². The molecule has 0 unspecified atom stereocenters. The number of halogens is 1. The van der Waals surface area contributed by atoms with Gasteiger partial charge in [0.25, 0.3) is 5.91 Å². The molecule has 1 amide bonds. The normalized spacial score (nSPS) is 10.1. The number of aromatic nitrogens is 1. The molecule has 0 aliphatic heterocycles. The van der Waals surface area contributed by atoms with Crippen LogP contribution in [0.4, 0.5) is 11.5 Å². The third-order valence-corrected chi connectivity index (χ3v) is 2.95. The lowest BCUT2D eigenvalue weighted by atomic mass is 10.2. The lowest BCUT2D eigenvalue weighted by Gasteiger charge is -2.10. The number of hydrogen-bond acceptors (Lipinski definition) is 3. The van der Waals surface area contributed by atoms with Gasteiger partial charge in [-0.1, -0.05) is 18.5 Å². The molecule has 0 spiro atoms. The molecule has 2 rings (SSSR count). The average Bonchev–Trinajstić information content (AvgIpc) is 2.47. The SMILES string of the molecule is CCCNc1ncccc1C(=O)Nc1ccc(Cl)cc1. The van der Waals surface area contributed by atoms with E-state index in [2.05, 4.69) is 22.5 Å². The number of anilines is 2. The van der Waals surface area contributed by atoms with E-state index in [1.54, 1.807) is 42.6 Å². The van der Waals surface area contributed by atoms with Crippen LogP contribution < -0.4 is 10.6 Å². The average molecular weight is 290 g/mol.